The summed E-state index contributed by atoms with van der Waals surface area (Å²) in [6.45, 7) is 0. The lowest BCUT2D eigenvalue weighted by Crippen LogP contribution is -2.22. The predicted molar refractivity (Wildman–Crippen MR) is 82.6 cm³/mol. The molecule has 0 fully saturated rings. The van der Waals surface area contributed by atoms with Crippen molar-refractivity contribution in [1.29, 1.82) is 0 Å². The van der Waals surface area contributed by atoms with Crippen molar-refractivity contribution in [2.75, 3.05) is 12.4 Å². The minimum Gasteiger partial charge on any atom is -0.365 e. The van der Waals surface area contributed by atoms with E-state index in [-0.39, 0.29) is 5.56 Å². The molecule has 0 saturated carbocycles. The van der Waals surface area contributed by atoms with Crippen molar-refractivity contribution in [2.24, 2.45) is 7.05 Å². The van der Waals surface area contributed by atoms with Crippen LogP contribution in [0.2, 0.25) is 0 Å². The largest absolute Gasteiger partial charge is 0.433 e. The van der Waals surface area contributed by atoms with Crippen LogP contribution in [0.15, 0.2) is 23.0 Å². The van der Waals surface area contributed by atoms with Gasteiger partial charge in [0.05, 0.1) is 10.2 Å². The number of alkyl halides is 3. The van der Waals surface area contributed by atoms with E-state index < -0.39 is 28.8 Å². The minimum atomic E-state index is -4.72. The number of benzene rings is 1. The van der Waals surface area contributed by atoms with E-state index in [2.05, 4.69) is 15.4 Å². The van der Waals surface area contributed by atoms with Crippen molar-refractivity contribution in [3.8, 4) is 11.3 Å². The Hall–Kier alpha value is -2.49. The summed E-state index contributed by atoms with van der Waals surface area (Å²) in [4.78, 5) is 16.2. The summed E-state index contributed by atoms with van der Waals surface area (Å²) >= 11 is 1.21. The maximum atomic E-state index is 14.3. The number of anilines is 1. The number of fused-ring (bicyclic) bond motifs is 1. The average molecular weight is 358 g/mol. The van der Waals surface area contributed by atoms with Gasteiger partial charge in [0.2, 0.25) is 5.43 Å². The van der Waals surface area contributed by atoms with Gasteiger partial charge in [0, 0.05) is 25.7 Å². The Morgan fingerprint density at radius 3 is 2.58 bits per heavy atom. The molecule has 0 amide bonds. The first kappa shape index (κ1) is 16.4. The summed E-state index contributed by atoms with van der Waals surface area (Å²) in [7, 11) is 2.70. The zero-order valence-electron chi connectivity index (χ0n) is 12.4. The molecule has 0 unspecified atom stereocenters. The number of nitrogens with one attached hydrogen (secondary N) is 1. The van der Waals surface area contributed by atoms with Gasteiger partial charge >= 0.3 is 6.18 Å². The SMILES string of the molecule is CNc1nc2cc(-c3nn(C)c(C(F)(F)F)cc3=O)c(F)cc2s1. The number of hydrogen-bond donors (Lipinski definition) is 1. The van der Waals surface area contributed by atoms with Crippen LogP contribution in [0.5, 0.6) is 0 Å². The van der Waals surface area contributed by atoms with Crippen molar-refractivity contribution < 1.29 is 17.6 Å². The molecular weight excluding hydrogens is 348 g/mol. The second kappa shape index (κ2) is 5.55. The fourth-order valence-electron chi connectivity index (χ4n) is 2.23. The molecule has 5 nitrogen and oxygen atoms in total. The van der Waals surface area contributed by atoms with E-state index in [1.807, 2.05) is 0 Å². The molecule has 2 aromatic heterocycles. The van der Waals surface area contributed by atoms with Gasteiger partial charge in [-0.2, -0.15) is 18.3 Å². The highest BCUT2D eigenvalue weighted by atomic mass is 32.1. The average Bonchev–Trinajstić information content (AvgIpc) is 2.89. The molecule has 1 N–H and O–H groups in total. The van der Waals surface area contributed by atoms with Crippen LogP contribution in [0.4, 0.5) is 22.7 Å². The molecule has 3 rings (SSSR count). The lowest BCUT2D eigenvalue weighted by atomic mass is 10.1. The molecule has 0 spiro atoms. The van der Waals surface area contributed by atoms with Gasteiger partial charge in [-0.25, -0.2) is 9.37 Å². The van der Waals surface area contributed by atoms with Gasteiger partial charge in [-0.1, -0.05) is 11.3 Å². The molecule has 0 radical (unpaired) electrons. The van der Waals surface area contributed by atoms with Crippen molar-refractivity contribution in [3.05, 3.63) is 39.9 Å². The zero-order chi connectivity index (χ0) is 17.6. The topological polar surface area (TPSA) is 59.8 Å². The summed E-state index contributed by atoms with van der Waals surface area (Å²) in [5.74, 6) is -0.752. The van der Waals surface area contributed by atoms with Crippen LogP contribution < -0.4 is 10.7 Å². The molecule has 0 bridgehead atoms. The monoisotopic (exact) mass is 358 g/mol. The third kappa shape index (κ3) is 2.73. The molecule has 2 heterocycles. The van der Waals surface area contributed by atoms with Crippen LogP contribution in [0.1, 0.15) is 5.69 Å². The highest BCUT2D eigenvalue weighted by molar-refractivity contribution is 7.22. The summed E-state index contributed by atoms with van der Waals surface area (Å²) in [5.41, 5.74) is -2.38. The summed E-state index contributed by atoms with van der Waals surface area (Å²) in [5, 5.41) is 6.98. The van der Waals surface area contributed by atoms with E-state index in [0.717, 1.165) is 7.05 Å². The van der Waals surface area contributed by atoms with E-state index in [1.54, 1.807) is 7.05 Å². The van der Waals surface area contributed by atoms with E-state index in [9.17, 15) is 22.4 Å². The van der Waals surface area contributed by atoms with Gasteiger partial charge in [0.25, 0.3) is 0 Å². The van der Waals surface area contributed by atoms with Crippen LogP contribution in [-0.4, -0.2) is 21.8 Å². The van der Waals surface area contributed by atoms with Crippen LogP contribution in [0, 0.1) is 5.82 Å². The van der Waals surface area contributed by atoms with Crippen LogP contribution >= 0.6 is 11.3 Å². The standard InChI is InChI=1S/C14H10F4N4OS/c1-19-13-20-8-3-6(7(15)4-10(8)24-13)12-9(23)5-11(14(16,17)18)22(2)21-12/h3-5H,1-2H3,(H,19,20). The number of rotatable bonds is 2. The molecule has 0 aliphatic carbocycles. The van der Waals surface area contributed by atoms with Crippen molar-refractivity contribution in [1.82, 2.24) is 14.8 Å². The third-order valence-electron chi connectivity index (χ3n) is 3.34. The van der Waals surface area contributed by atoms with E-state index in [4.69, 9.17) is 0 Å². The highest BCUT2D eigenvalue weighted by Gasteiger charge is 2.34. The van der Waals surface area contributed by atoms with Gasteiger partial charge in [0.15, 0.2) is 5.13 Å². The van der Waals surface area contributed by atoms with Crippen LogP contribution in [0.25, 0.3) is 21.5 Å². The number of halogens is 4. The number of aryl methyl sites for hydroxylation is 1. The molecule has 24 heavy (non-hydrogen) atoms. The number of aromatic nitrogens is 3. The van der Waals surface area contributed by atoms with Crippen molar-refractivity contribution in [2.45, 2.75) is 6.18 Å². The van der Waals surface area contributed by atoms with Gasteiger partial charge < -0.3 is 5.32 Å². The molecule has 126 valence electrons. The molecule has 10 heteroatoms. The van der Waals surface area contributed by atoms with Gasteiger partial charge in [0.1, 0.15) is 17.2 Å². The third-order valence-corrected chi connectivity index (χ3v) is 4.37. The molecule has 0 aliphatic heterocycles. The van der Waals surface area contributed by atoms with Crippen molar-refractivity contribution >= 4 is 26.7 Å². The maximum Gasteiger partial charge on any atom is 0.433 e. The Kier molecular flexibility index (Phi) is 3.78. The van der Waals surface area contributed by atoms with Crippen LogP contribution in [-0.2, 0) is 13.2 Å². The van der Waals surface area contributed by atoms with E-state index in [1.165, 1.54) is 23.5 Å². The quantitative estimate of drug-likeness (QED) is 0.715. The Morgan fingerprint density at radius 2 is 1.96 bits per heavy atom. The van der Waals surface area contributed by atoms with E-state index in [0.29, 0.717) is 26.1 Å². The molecular formula is C14H10F4N4OS. The fraction of sp³-hybridized carbons (Fsp3) is 0.214. The predicted octanol–water partition coefficient (Wildman–Crippen LogP) is 3.26. The second-order valence-corrected chi connectivity index (χ2v) is 5.96. The Labute approximate surface area is 136 Å². The van der Waals surface area contributed by atoms with Gasteiger partial charge in [-0.05, 0) is 12.1 Å². The van der Waals surface area contributed by atoms with Gasteiger partial charge in [-0.15, -0.1) is 0 Å². The number of thiazole rings is 1. The minimum absolute atomic E-state index is 0.190. The maximum absolute atomic E-state index is 14.3. The Balaban J connectivity index is 2.22. The summed E-state index contributed by atoms with van der Waals surface area (Å²) in [6.07, 6.45) is -4.72. The second-order valence-electron chi connectivity index (χ2n) is 4.93. The molecule has 1 aromatic carbocycles. The highest BCUT2D eigenvalue weighted by Crippen LogP contribution is 2.32. The smallest absolute Gasteiger partial charge is 0.365 e. The molecule has 3 aromatic rings. The first-order valence-electron chi connectivity index (χ1n) is 6.64. The Morgan fingerprint density at radius 1 is 1.25 bits per heavy atom. The van der Waals surface area contributed by atoms with Crippen LogP contribution in [0.3, 0.4) is 0 Å². The molecule has 0 aliphatic rings. The first-order chi connectivity index (χ1) is 11.2. The van der Waals surface area contributed by atoms with E-state index >= 15 is 0 Å². The molecule has 0 saturated heterocycles. The lowest BCUT2D eigenvalue weighted by molar-refractivity contribution is -0.144. The zero-order valence-corrected chi connectivity index (χ0v) is 13.2. The number of nitrogens with zero attached hydrogens (tertiary/aromatic N) is 3. The Bertz CT molecular complexity index is 993. The van der Waals surface area contributed by atoms with Gasteiger partial charge in [-0.3, -0.25) is 9.48 Å². The van der Waals surface area contributed by atoms with Crippen molar-refractivity contribution in [3.63, 3.8) is 0 Å². The first-order valence-corrected chi connectivity index (χ1v) is 7.46. The summed E-state index contributed by atoms with van der Waals surface area (Å²) < 4.78 is 53.8. The lowest BCUT2D eigenvalue weighted by Gasteiger charge is -2.12. The fourth-order valence-corrected chi connectivity index (χ4v) is 3.05. The summed E-state index contributed by atoms with van der Waals surface area (Å²) in [6, 6.07) is 2.90. The molecule has 0 atom stereocenters. The normalized spacial score (nSPS) is 11.9. The number of hydrogen-bond acceptors (Lipinski definition) is 5.